The molecular formula is C22H29N3O+2. The van der Waals surface area contributed by atoms with Gasteiger partial charge in [-0.2, -0.15) is 0 Å². The Morgan fingerprint density at radius 3 is 2.35 bits per heavy atom. The maximum absolute atomic E-state index is 10.9. The molecule has 4 N–H and O–H groups in total. The third-order valence-electron chi connectivity index (χ3n) is 5.72. The summed E-state index contributed by atoms with van der Waals surface area (Å²) >= 11 is 0. The Morgan fingerprint density at radius 2 is 1.58 bits per heavy atom. The number of aromatic nitrogens is 1. The lowest BCUT2D eigenvalue weighted by Gasteiger charge is -2.31. The molecule has 0 unspecified atom stereocenters. The molecule has 2 heterocycles. The Kier molecular flexibility index (Phi) is 5.07. The molecule has 4 heteroatoms. The number of nitrogens with one attached hydrogen (secondary N) is 3. The van der Waals surface area contributed by atoms with Gasteiger partial charge in [0.15, 0.2) is 0 Å². The molecule has 0 aliphatic carbocycles. The van der Waals surface area contributed by atoms with Gasteiger partial charge in [0, 0.05) is 27.7 Å². The van der Waals surface area contributed by atoms with E-state index in [0.717, 1.165) is 48.3 Å². The van der Waals surface area contributed by atoms with Crippen LogP contribution in [0.15, 0.2) is 54.6 Å². The van der Waals surface area contributed by atoms with E-state index in [4.69, 9.17) is 0 Å². The number of aliphatic hydroxyl groups excluding tert-OH is 1. The van der Waals surface area contributed by atoms with E-state index in [2.05, 4.69) is 54.4 Å². The average molecular weight is 351 g/mol. The van der Waals surface area contributed by atoms with Gasteiger partial charge in [0.1, 0.15) is 45.4 Å². The van der Waals surface area contributed by atoms with Crippen LogP contribution in [0.3, 0.4) is 0 Å². The fourth-order valence-electron chi connectivity index (χ4n) is 4.33. The number of H-pyrrole nitrogens is 1. The Labute approximate surface area is 155 Å². The summed E-state index contributed by atoms with van der Waals surface area (Å²) in [6.45, 7) is 8.56. The van der Waals surface area contributed by atoms with E-state index in [9.17, 15) is 5.11 Å². The number of aryl methyl sites for hydroxylation is 1. The minimum absolute atomic E-state index is 0.406. The average Bonchev–Trinajstić information content (AvgIpc) is 3.00. The summed E-state index contributed by atoms with van der Waals surface area (Å²) in [6, 6.07) is 19.0. The number of rotatable bonds is 5. The zero-order valence-corrected chi connectivity index (χ0v) is 15.5. The molecule has 3 aromatic rings. The van der Waals surface area contributed by atoms with Crippen molar-refractivity contribution in [3.05, 3.63) is 71.4 Å². The van der Waals surface area contributed by atoms with Crippen molar-refractivity contribution in [1.29, 1.82) is 0 Å². The smallest absolute Gasteiger partial charge is 0.130 e. The highest BCUT2D eigenvalue weighted by Crippen LogP contribution is 2.26. The maximum atomic E-state index is 10.9. The second-order valence-electron chi connectivity index (χ2n) is 7.59. The highest BCUT2D eigenvalue weighted by atomic mass is 16.3. The molecule has 1 saturated heterocycles. The zero-order chi connectivity index (χ0) is 17.9. The molecule has 0 radical (unpaired) electrons. The molecule has 0 amide bonds. The number of quaternary nitrogens is 2. The second-order valence-corrected chi connectivity index (χ2v) is 7.59. The van der Waals surface area contributed by atoms with E-state index in [1.54, 1.807) is 4.90 Å². The first-order valence-electron chi connectivity index (χ1n) is 9.67. The lowest BCUT2D eigenvalue weighted by atomic mass is 10.0. The van der Waals surface area contributed by atoms with Crippen molar-refractivity contribution in [1.82, 2.24) is 4.98 Å². The molecule has 4 rings (SSSR count). The van der Waals surface area contributed by atoms with Crippen LogP contribution in [0.2, 0.25) is 0 Å². The predicted molar refractivity (Wildman–Crippen MR) is 104 cm³/mol. The Balaban J connectivity index is 1.36. The Hall–Kier alpha value is -2.14. The van der Waals surface area contributed by atoms with E-state index >= 15 is 0 Å². The van der Waals surface area contributed by atoms with Gasteiger partial charge in [0.2, 0.25) is 0 Å². The van der Waals surface area contributed by atoms with Gasteiger partial charge in [-0.25, -0.2) is 0 Å². The lowest BCUT2D eigenvalue weighted by molar-refractivity contribution is -1.02. The van der Waals surface area contributed by atoms with E-state index in [1.165, 1.54) is 23.6 Å². The van der Waals surface area contributed by atoms with Gasteiger partial charge < -0.3 is 19.9 Å². The lowest BCUT2D eigenvalue weighted by Crippen LogP contribution is -3.27. The predicted octanol–water partition coefficient (Wildman–Crippen LogP) is 0.493. The monoisotopic (exact) mass is 351 g/mol. The summed E-state index contributed by atoms with van der Waals surface area (Å²) in [6.07, 6.45) is -0.406. The zero-order valence-electron chi connectivity index (χ0n) is 15.5. The number of para-hydroxylation sites is 1. The molecule has 4 nitrogen and oxygen atoms in total. The summed E-state index contributed by atoms with van der Waals surface area (Å²) in [5.41, 5.74) is 4.70. The Bertz CT molecular complexity index is 850. The third kappa shape index (κ3) is 3.68. The molecule has 0 saturated carbocycles. The van der Waals surface area contributed by atoms with Crippen LogP contribution < -0.4 is 9.80 Å². The van der Waals surface area contributed by atoms with Crippen LogP contribution in [0, 0.1) is 6.92 Å². The standard InChI is InChI=1S/C22H27N3O/c1-17-22(19-9-5-6-10-20(19)23-17)21(26)16-25-13-11-24(12-14-25)15-18-7-3-2-4-8-18/h2-10,21,23,26H,11-16H2,1H3/p+2/t21-/m1/s1. The minimum Gasteiger partial charge on any atom is -0.382 e. The summed E-state index contributed by atoms with van der Waals surface area (Å²) in [5.74, 6) is 0. The fourth-order valence-corrected chi connectivity index (χ4v) is 4.33. The number of piperazine rings is 1. The first-order valence-corrected chi connectivity index (χ1v) is 9.67. The Morgan fingerprint density at radius 1 is 0.923 bits per heavy atom. The number of hydrogen-bond acceptors (Lipinski definition) is 1. The summed E-state index contributed by atoms with van der Waals surface area (Å²) < 4.78 is 0. The molecule has 136 valence electrons. The van der Waals surface area contributed by atoms with Gasteiger partial charge in [-0.15, -0.1) is 0 Å². The number of hydrogen-bond donors (Lipinski definition) is 4. The van der Waals surface area contributed by atoms with Gasteiger partial charge in [-0.3, -0.25) is 0 Å². The fraction of sp³-hybridized carbons (Fsp3) is 0.364. The number of fused-ring (bicyclic) bond motifs is 1. The van der Waals surface area contributed by atoms with Crippen LogP contribution in [-0.2, 0) is 6.54 Å². The maximum Gasteiger partial charge on any atom is 0.130 e. The molecule has 1 aromatic heterocycles. The van der Waals surface area contributed by atoms with Gasteiger partial charge in [0.05, 0.1) is 0 Å². The molecule has 0 spiro atoms. The first kappa shape index (κ1) is 17.3. The number of aliphatic hydroxyl groups is 1. The van der Waals surface area contributed by atoms with E-state index in [-0.39, 0.29) is 0 Å². The van der Waals surface area contributed by atoms with Crippen LogP contribution in [0.25, 0.3) is 10.9 Å². The summed E-state index contributed by atoms with van der Waals surface area (Å²) in [5, 5.41) is 12.1. The van der Waals surface area contributed by atoms with Crippen LogP contribution in [0.1, 0.15) is 22.9 Å². The molecule has 1 aliphatic rings. The van der Waals surface area contributed by atoms with E-state index in [0.29, 0.717) is 0 Å². The molecule has 1 atom stereocenters. The van der Waals surface area contributed by atoms with Crippen LogP contribution >= 0.6 is 0 Å². The number of benzene rings is 2. The van der Waals surface area contributed by atoms with Gasteiger partial charge in [-0.1, -0.05) is 48.5 Å². The van der Waals surface area contributed by atoms with Crippen molar-refractivity contribution in [3.63, 3.8) is 0 Å². The van der Waals surface area contributed by atoms with Gasteiger partial charge in [-0.05, 0) is 13.0 Å². The van der Waals surface area contributed by atoms with Crippen molar-refractivity contribution in [2.75, 3.05) is 32.7 Å². The highest BCUT2D eigenvalue weighted by molar-refractivity contribution is 5.84. The molecule has 2 aromatic carbocycles. The topological polar surface area (TPSA) is 44.9 Å². The third-order valence-corrected chi connectivity index (χ3v) is 5.72. The van der Waals surface area contributed by atoms with Gasteiger partial charge in [0.25, 0.3) is 0 Å². The largest absolute Gasteiger partial charge is 0.382 e. The summed E-state index contributed by atoms with van der Waals surface area (Å²) in [4.78, 5) is 6.57. The van der Waals surface area contributed by atoms with Crippen molar-refractivity contribution in [2.24, 2.45) is 0 Å². The number of aromatic amines is 1. The van der Waals surface area contributed by atoms with Crippen molar-refractivity contribution in [2.45, 2.75) is 19.6 Å². The van der Waals surface area contributed by atoms with Crippen LogP contribution in [0.5, 0.6) is 0 Å². The van der Waals surface area contributed by atoms with Crippen molar-refractivity contribution >= 4 is 10.9 Å². The van der Waals surface area contributed by atoms with Gasteiger partial charge >= 0.3 is 0 Å². The molecule has 1 aliphatic heterocycles. The molecular weight excluding hydrogens is 322 g/mol. The molecule has 26 heavy (non-hydrogen) atoms. The van der Waals surface area contributed by atoms with Crippen LogP contribution in [0.4, 0.5) is 0 Å². The normalized spacial score (nSPS) is 21.8. The quantitative estimate of drug-likeness (QED) is 0.531. The molecule has 1 fully saturated rings. The minimum atomic E-state index is -0.406. The van der Waals surface area contributed by atoms with E-state index < -0.39 is 6.10 Å². The van der Waals surface area contributed by atoms with Crippen molar-refractivity contribution < 1.29 is 14.9 Å². The highest BCUT2D eigenvalue weighted by Gasteiger charge is 2.27. The van der Waals surface area contributed by atoms with E-state index in [1.807, 2.05) is 12.1 Å². The van der Waals surface area contributed by atoms with Crippen molar-refractivity contribution in [3.8, 4) is 0 Å². The second kappa shape index (κ2) is 7.62. The summed E-state index contributed by atoms with van der Waals surface area (Å²) in [7, 11) is 0. The molecule has 0 bridgehead atoms. The van der Waals surface area contributed by atoms with Crippen LogP contribution in [-0.4, -0.2) is 42.8 Å². The SMILES string of the molecule is Cc1[nH]c2ccccc2c1[C@H](O)C[NH+]1CC[NH+](Cc2ccccc2)CC1. The first-order chi connectivity index (χ1) is 12.7.